The molecule has 4 aliphatic carbocycles. The number of aliphatic hydroxyl groups is 1. The van der Waals surface area contributed by atoms with Gasteiger partial charge in [-0.2, -0.15) is 0 Å². The van der Waals surface area contributed by atoms with Gasteiger partial charge in [-0.15, -0.1) is 0 Å². The molecule has 0 heterocycles. The van der Waals surface area contributed by atoms with Crippen molar-refractivity contribution < 1.29 is 33.7 Å². The Morgan fingerprint density at radius 3 is 2.49 bits per heavy atom. The van der Waals surface area contributed by atoms with Crippen LogP contribution >= 0.6 is 0 Å². The summed E-state index contributed by atoms with van der Waals surface area (Å²) in [7, 11) is 1.44. The van der Waals surface area contributed by atoms with Crippen LogP contribution in [0.15, 0.2) is 0 Å². The van der Waals surface area contributed by atoms with E-state index in [-0.39, 0.29) is 46.6 Å². The van der Waals surface area contributed by atoms with Gasteiger partial charge in [0.25, 0.3) is 6.47 Å². The average Bonchev–Trinajstić information content (AvgIpc) is 3.17. The molecule has 0 aromatic carbocycles. The zero-order valence-corrected chi connectivity index (χ0v) is 22.0. The highest BCUT2D eigenvalue weighted by Gasteiger charge is 2.68. The first-order valence-corrected chi connectivity index (χ1v) is 13.6. The SMILES string of the molecule is COC(=O)CC[C@@H](C)[C@H]1CC[C@H]2[C@@H]3[C@H](O)[C@@H](OC=O)[C@@H]4CCCC(OC(C)=O)[C@]4(C)[C@H]3CC[C@]12C. The quantitative estimate of drug-likeness (QED) is 0.322. The van der Waals surface area contributed by atoms with Crippen molar-refractivity contribution in [3.63, 3.8) is 0 Å². The molecule has 0 aromatic rings. The van der Waals surface area contributed by atoms with Crippen molar-refractivity contribution in [2.45, 2.75) is 104 Å². The van der Waals surface area contributed by atoms with Gasteiger partial charge >= 0.3 is 11.9 Å². The van der Waals surface area contributed by atoms with Crippen LogP contribution in [0, 0.1) is 46.3 Å². The van der Waals surface area contributed by atoms with E-state index < -0.39 is 12.2 Å². The molecule has 35 heavy (non-hydrogen) atoms. The monoisotopic (exact) mass is 492 g/mol. The van der Waals surface area contributed by atoms with Crippen LogP contribution in [0.4, 0.5) is 0 Å². The van der Waals surface area contributed by atoms with Gasteiger partial charge in [-0.25, -0.2) is 0 Å². The normalized spacial score (nSPS) is 45.3. The lowest BCUT2D eigenvalue weighted by atomic mass is 9.42. The number of methoxy groups -OCH3 is 1. The lowest BCUT2D eigenvalue weighted by molar-refractivity contribution is -0.250. The molecule has 1 N–H and O–H groups in total. The number of ether oxygens (including phenoxy) is 3. The van der Waals surface area contributed by atoms with Crippen LogP contribution in [0.3, 0.4) is 0 Å². The van der Waals surface area contributed by atoms with E-state index in [0.717, 1.165) is 51.4 Å². The van der Waals surface area contributed by atoms with Gasteiger partial charge < -0.3 is 19.3 Å². The summed E-state index contributed by atoms with van der Waals surface area (Å²) in [6.07, 6.45) is 6.42. The second kappa shape index (κ2) is 10.0. The number of carbonyl (C=O) groups excluding carboxylic acids is 3. The van der Waals surface area contributed by atoms with Gasteiger partial charge in [0.15, 0.2) is 0 Å². The highest BCUT2D eigenvalue weighted by atomic mass is 16.5. The van der Waals surface area contributed by atoms with Crippen molar-refractivity contribution in [3.8, 4) is 0 Å². The van der Waals surface area contributed by atoms with E-state index in [4.69, 9.17) is 14.2 Å². The standard InChI is InChI=1S/C28H44O7/c1-16(9-12-23(31)33-5)18-10-11-19-24-20(13-14-27(18,19)3)28(4)21(26(25(24)32)34-15-29)7-6-8-22(28)35-17(2)30/h15-16,18-22,24-26,32H,6-14H2,1-5H3/t16-,18-,19+,20+,21+,22?,24+,25+,26+,27-,28-/m1/s1. The molecule has 11 atom stereocenters. The fourth-order valence-corrected chi connectivity index (χ4v) is 9.52. The molecule has 0 bridgehead atoms. The minimum Gasteiger partial charge on any atom is -0.469 e. The molecule has 1 unspecified atom stereocenters. The van der Waals surface area contributed by atoms with Crippen LogP contribution in [0.25, 0.3) is 0 Å². The van der Waals surface area contributed by atoms with Crippen LogP contribution in [-0.4, -0.2) is 48.9 Å². The van der Waals surface area contributed by atoms with Crippen LogP contribution in [0.2, 0.25) is 0 Å². The molecule has 0 aromatic heterocycles. The van der Waals surface area contributed by atoms with Gasteiger partial charge in [0.1, 0.15) is 12.2 Å². The predicted octanol–water partition coefficient (Wildman–Crippen LogP) is 4.29. The van der Waals surface area contributed by atoms with Crippen LogP contribution in [-0.2, 0) is 28.6 Å². The third kappa shape index (κ3) is 4.30. The van der Waals surface area contributed by atoms with Crippen molar-refractivity contribution in [1.82, 2.24) is 0 Å². The minimum absolute atomic E-state index is 0.00563. The number of fused-ring (bicyclic) bond motifs is 5. The molecular formula is C28H44O7. The van der Waals surface area contributed by atoms with Crippen molar-refractivity contribution in [2.75, 3.05) is 7.11 Å². The first-order chi connectivity index (χ1) is 16.6. The molecule has 7 nitrogen and oxygen atoms in total. The summed E-state index contributed by atoms with van der Waals surface area (Å²) < 4.78 is 16.4. The second-order valence-corrected chi connectivity index (χ2v) is 12.3. The Labute approximate surface area is 209 Å². The molecule has 4 aliphatic rings. The molecule has 7 heteroatoms. The molecule has 0 radical (unpaired) electrons. The molecule has 4 fully saturated rings. The first kappa shape index (κ1) is 26.4. The Morgan fingerprint density at radius 1 is 1.09 bits per heavy atom. The molecule has 4 saturated carbocycles. The topological polar surface area (TPSA) is 99.1 Å². The maximum Gasteiger partial charge on any atom is 0.305 e. The maximum atomic E-state index is 12.1. The van der Waals surface area contributed by atoms with Gasteiger partial charge in [-0.3, -0.25) is 14.4 Å². The number of esters is 2. The van der Waals surface area contributed by atoms with Crippen molar-refractivity contribution in [3.05, 3.63) is 0 Å². The highest BCUT2D eigenvalue weighted by molar-refractivity contribution is 5.69. The van der Waals surface area contributed by atoms with E-state index in [1.807, 2.05) is 0 Å². The summed E-state index contributed by atoms with van der Waals surface area (Å²) in [5, 5.41) is 11.8. The molecule has 0 saturated heterocycles. The van der Waals surface area contributed by atoms with Gasteiger partial charge in [0.05, 0.1) is 13.2 Å². The van der Waals surface area contributed by atoms with Gasteiger partial charge in [0.2, 0.25) is 0 Å². The smallest absolute Gasteiger partial charge is 0.305 e. The van der Waals surface area contributed by atoms with Crippen LogP contribution in [0.1, 0.15) is 85.5 Å². The number of carbonyl (C=O) groups is 3. The summed E-state index contributed by atoms with van der Waals surface area (Å²) in [6.45, 7) is 8.80. The Hall–Kier alpha value is -1.63. The largest absolute Gasteiger partial charge is 0.469 e. The summed E-state index contributed by atoms with van der Waals surface area (Å²) in [5.74, 6) is 0.903. The van der Waals surface area contributed by atoms with Crippen molar-refractivity contribution in [1.29, 1.82) is 0 Å². The maximum absolute atomic E-state index is 12.1. The zero-order chi connectivity index (χ0) is 25.5. The summed E-state index contributed by atoms with van der Waals surface area (Å²) in [4.78, 5) is 35.4. The lowest BCUT2D eigenvalue weighted by Crippen LogP contribution is -2.67. The van der Waals surface area contributed by atoms with Crippen molar-refractivity contribution >= 4 is 18.4 Å². The van der Waals surface area contributed by atoms with Gasteiger partial charge in [-0.1, -0.05) is 20.8 Å². The third-order valence-electron chi connectivity index (χ3n) is 11.0. The molecule has 4 rings (SSSR count). The molecule has 198 valence electrons. The Kier molecular flexibility index (Phi) is 7.57. The van der Waals surface area contributed by atoms with Crippen LogP contribution < -0.4 is 0 Å². The van der Waals surface area contributed by atoms with E-state index in [0.29, 0.717) is 30.6 Å². The fourth-order valence-electron chi connectivity index (χ4n) is 9.52. The fraction of sp³-hybridized carbons (Fsp3) is 0.893. The minimum atomic E-state index is -0.715. The van der Waals surface area contributed by atoms with Crippen LogP contribution in [0.5, 0.6) is 0 Å². The third-order valence-corrected chi connectivity index (χ3v) is 11.0. The zero-order valence-electron chi connectivity index (χ0n) is 22.0. The lowest BCUT2D eigenvalue weighted by Gasteiger charge is -2.64. The predicted molar refractivity (Wildman–Crippen MR) is 129 cm³/mol. The van der Waals surface area contributed by atoms with E-state index in [9.17, 15) is 19.5 Å². The van der Waals surface area contributed by atoms with E-state index in [2.05, 4.69) is 20.8 Å². The second-order valence-electron chi connectivity index (χ2n) is 12.3. The number of rotatable bonds is 7. The molecule has 0 amide bonds. The summed E-state index contributed by atoms with van der Waals surface area (Å²) >= 11 is 0. The van der Waals surface area contributed by atoms with Crippen molar-refractivity contribution in [2.24, 2.45) is 46.3 Å². The summed E-state index contributed by atoms with van der Waals surface area (Å²) in [5.41, 5.74) is -0.282. The number of hydrogen-bond acceptors (Lipinski definition) is 7. The van der Waals surface area contributed by atoms with E-state index in [1.54, 1.807) is 0 Å². The average molecular weight is 493 g/mol. The first-order valence-electron chi connectivity index (χ1n) is 13.6. The Morgan fingerprint density at radius 2 is 1.83 bits per heavy atom. The van der Waals surface area contributed by atoms with Gasteiger partial charge in [0, 0.05) is 24.7 Å². The number of hydrogen-bond donors (Lipinski definition) is 1. The number of aliphatic hydroxyl groups excluding tert-OH is 1. The molecular weight excluding hydrogens is 448 g/mol. The molecule has 0 aliphatic heterocycles. The highest BCUT2D eigenvalue weighted by Crippen LogP contribution is 2.69. The van der Waals surface area contributed by atoms with Gasteiger partial charge in [-0.05, 0) is 86.4 Å². The molecule has 0 spiro atoms. The summed E-state index contributed by atoms with van der Waals surface area (Å²) in [6, 6.07) is 0. The Bertz CT molecular complexity index is 813. The van der Waals surface area contributed by atoms with E-state index in [1.165, 1.54) is 14.0 Å². The Balaban J connectivity index is 1.66. The van der Waals surface area contributed by atoms with E-state index >= 15 is 0 Å².